The lowest BCUT2D eigenvalue weighted by molar-refractivity contribution is 0.413. The molecule has 1 aliphatic rings. The largest absolute Gasteiger partial charge is 0.357 e. The average Bonchev–Trinajstić information content (AvgIpc) is 2.57. The number of hydrogen-bond acceptors (Lipinski definition) is 3. The summed E-state index contributed by atoms with van der Waals surface area (Å²) in [6.45, 7) is 2.90. The fraction of sp³-hybridized carbons (Fsp3) is 0.353. The molecule has 22 heavy (non-hydrogen) atoms. The predicted octanol–water partition coefficient (Wildman–Crippen LogP) is 4.15. The Morgan fingerprint density at radius 2 is 1.91 bits per heavy atom. The van der Waals surface area contributed by atoms with Crippen LogP contribution in [0.25, 0.3) is 0 Å². The van der Waals surface area contributed by atoms with Crippen molar-refractivity contribution in [2.24, 2.45) is 0 Å². The van der Waals surface area contributed by atoms with E-state index in [1.54, 1.807) is 0 Å². The first-order valence-electron chi connectivity index (χ1n) is 7.55. The first kappa shape index (κ1) is 15.6. The lowest BCUT2D eigenvalue weighted by Gasteiger charge is -2.33. The molecule has 1 fully saturated rings. The van der Waals surface area contributed by atoms with Gasteiger partial charge in [-0.2, -0.15) is 0 Å². The second-order valence-corrected chi connectivity index (χ2v) is 6.39. The van der Waals surface area contributed by atoms with E-state index in [4.69, 9.17) is 23.2 Å². The molecule has 0 spiro atoms. The summed E-state index contributed by atoms with van der Waals surface area (Å²) in [7, 11) is 0. The molecule has 0 aliphatic carbocycles. The maximum atomic E-state index is 6.05. The molecule has 1 saturated heterocycles. The van der Waals surface area contributed by atoms with Crippen molar-refractivity contribution in [2.75, 3.05) is 18.0 Å². The molecule has 2 heterocycles. The molecular weight excluding hydrogens is 317 g/mol. The zero-order valence-corrected chi connectivity index (χ0v) is 13.8. The van der Waals surface area contributed by atoms with Crippen molar-refractivity contribution in [3.8, 4) is 0 Å². The Labute approximate surface area is 141 Å². The number of piperidine rings is 1. The van der Waals surface area contributed by atoms with Gasteiger partial charge >= 0.3 is 0 Å². The summed E-state index contributed by atoms with van der Waals surface area (Å²) in [6.07, 6.45) is 4.10. The molecule has 3 nitrogen and oxygen atoms in total. The number of halogens is 2. The number of rotatable bonds is 4. The standard InChI is InChI=1S/C17H19Cl2N3/c18-15-5-4-13(11-16(15)19)12-21-14-6-9-22(10-7-14)17-3-1-2-8-20-17/h1-5,8,11,14,21H,6-7,9-10,12H2. The van der Waals surface area contributed by atoms with Crippen LogP contribution in [0.1, 0.15) is 18.4 Å². The van der Waals surface area contributed by atoms with Gasteiger partial charge in [-0.3, -0.25) is 0 Å². The first-order chi connectivity index (χ1) is 10.7. The monoisotopic (exact) mass is 335 g/mol. The average molecular weight is 336 g/mol. The number of pyridine rings is 1. The first-order valence-corrected chi connectivity index (χ1v) is 8.31. The topological polar surface area (TPSA) is 28.2 Å². The van der Waals surface area contributed by atoms with Crippen LogP contribution >= 0.6 is 23.2 Å². The van der Waals surface area contributed by atoms with E-state index in [-0.39, 0.29) is 0 Å². The van der Waals surface area contributed by atoms with Gasteiger partial charge in [0.2, 0.25) is 0 Å². The van der Waals surface area contributed by atoms with Crippen LogP contribution in [0.2, 0.25) is 10.0 Å². The van der Waals surface area contributed by atoms with Crippen molar-refractivity contribution in [2.45, 2.75) is 25.4 Å². The molecule has 3 rings (SSSR count). The van der Waals surface area contributed by atoms with Gasteiger partial charge in [-0.25, -0.2) is 4.98 Å². The second-order valence-electron chi connectivity index (χ2n) is 5.58. The van der Waals surface area contributed by atoms with Gasteiger partial charge in [-0.15, -0.1) is 0 Å². The summed E-state index contributed by atoms with van der Waals surface area (Å²) in [5.41, 5.74) is 1.17. The van der Waals surface area contributed by atoms with Crippen molar-refractivity contribution in [1.29, 1.82) is 0 Å². The van der Waals surface area contributed by atoms with E-state index < -0.39 is 0 Å². The van der Waals surface area contributed by atoms with E-state index in [0.29, 0.717) is 16.1 Å². The van der Waals surface area contributed by atoms with Crippen LogP contribution < -0.4 is 10.2 Å². The van der Waals surface area contributed by atoms with E-state index in [9.17, 15) is 0 Å². The number of anilines is 1. The molecule has 1 N–H and O–H groups in total. The SMILES string of the molecule is Clc1ccc(CNC2CCN(c3ccccn3)CC2)cc1Cl. The Bertz CT molecular complexity index is 611. The Morgan fingerprint density at radius 1 is 1.09 bits per heavy atom. The molecule has 0 radical (unpaired) electrons. The highest BCUT2D eigenvalue weighted by Gasteiger charge is 2.19. The number of aromatic nitrogens is 1. The molecular formula is C17H19Cl2N3. The summed E-state index contributed by atoms with van der Waals surface area (Å²) >= 11 is 12.0. The molecule has 0 unspecified atom stereocenters. The summed E-state index contributed by atoms with van der Waals surface area (Å²) in [5.74, 6) is 1.07. The Hall–Kier alpha value is -1.29. The van der Waals surface area contributed by atoms with Gasteiger partial charge < -0.3 is 10.2 Å². The summed E-state index contributed by atoms with van der Waals surface area (Å²) in [6, 6.07) is 12.4. The number of nitrogens with one attached hydrogen (secondary N) is 1. The van der Waals surface area contributed by atoms with Gasteiger partial charge in [-0.1, -0.05) is 35.3 Å². The van der Waals surface area contributed by atoms with Crippen LogP contribution in [-0.2, 0) is 6.54 Å². The molecule has 116 valence electrons. The lowest BCUT2D eigenvalue weighted by atomic mass is 10.0. The molecule has 0 saturated carbocycles. The van der Waals surface area contributed by atoms with Crippen molar-refractivity contribution < 1.29 is 0 Å². The van der Waals surface area contributed by atoms with Gasteiger partial charge in [0, 0.05) is 31.9 Å². The molecule has 1 aromatic heterocycles. The summed E-state index contributed by atoms with van der Waals surface area (Å²) < 4.78 is 0. The fourth-order valence-electron chi connectivity index (χ4n) is 2.77. The van der Waals surface area contributed by atoms with Crippen LogP contribution in [0.4, 0.5) is 5.82 Å². The van der Waals surface area contributed by atoms with Gasteiger partial charge in [0.05, 0.1) is 10.0 Å². The normalized spacial score (nSPS) is 16.0. The third kappa shape index (κ3) is 3.92. The van der Waals surface area contributed by atoms with Crippen LogP contribution in [0.3, 0.4) is 0 Å². The number of nitrogens with zero attached hydrogens (tertiary/aromatic N) is 2. The molecule has 0 amide bonds. The van der Waals surface area contributed by atoms with E-state index >= 15 is 0 Å². The smallest absolute Gasteiger partial charge is 0.128 e. The van der Waals surface area contributed by atoms with Crippen LogP contribution in [-0.4, -0.2) is 24.1 Å². The molecule has 0 bridgehead atoms. The van der Waals surface area contributed by atoms with E-state index in [0.717, 1.165) is 38.3 Å². The maximum absolute atomic E-state index is 6.05. The highest BCUT2D eigenvalue weighted by atomic mass is 35.5. The zero-order chi connectivity index (χ0) is 15.4. The summed E-state index contributed by atoms with van der Waals surface area (Å²) in [4.78, 5) is 6.76. The molecule has 2 aromatic rings. The van der Waals surface area contributed by atoms with Gasteiger partial charge in [0.15, 0.2) is 0 Å². The third-order valence-electron chi connectivity index (χ3n) is 4.05. The third-order valence-corrected chi connectivity index (χ3v) is 4.79. The van der Waals surface area contributed by atoms with Crippen molar-refractivity contribution >= 4 is 29.0 Å². The lowest BCUT2D eigenvalue weighted by Crippen LogP contribution is -2.42. The Balaban J connectivity index is 1.49. The van der Waals surface area contributed by atoms with Gasteiger partial charge in [0.1, 0.15) is 5.82 Å². The predicted molar refractivity (Wildman–Crippen MR) is 92.8 cm³/mol. The second kappa shape index (κ2) is 7.32. The minimum absolute atomic E-state index is 0.536. The van der Waals surface area contributed by atoms with Crippen LogP contribution in [0.15, 0.2) is 42.6 Å². The van der Waals surface area contributed by atoms with Crippen molar-refractivity contribution in [1.82, 2.24) is 10.3 Å². The Morgan fingerprint density at radius 3 is 2.59 bits per heavy atom. The molecule has 1 aromatic carbocycles. The summed E-state index contributed by atoms with van der Waals surface area (Å²) in [5, 5.41) is 4.83. The molecule has 1 aliphatic heterocycles. The number of benzene rings is 1. The molecule has 5 heteroatoms. The maximum Gasteiger partial charge on any atom is 0.128 e. The highest BCUT2D eigenvalue weighted by Crippen LogP contribution is 2.23. The van der Waals surface area contributed by atoms with Gasteiger partial charge in [-0.05, 0) is 42.7 Å². The van der Waals surface area contributed by atoms with Crippen molar-refractivity contribution in [3.63, 3.8) is 0 Å². The fourth-order valence-corrected chi connectivity index (χ4v) is 3.09. The van der Waals surface area contributed by atoms with Crippen LogP contribution in [0, 0.1) is 0 Å². The highest BCUT2D eigenvalue weighted by molar-refractivity contribution is 6.42. The van der Waals surface area contributed by atoms with Crippen LogP contribution in [0.5, 0.6) is 0 Å². The van der Waals surface area contributed by atoms with E-state index in [1.807, 2.05) is 36.5 Å². The number of hydrogen-bond donors (Lipinski definition) is 1. The molecule has 0 atom stereocenters. The van der Waals surface area contributed by atoms with Gasteiger partial charge in [0.25, 0.3) is 0 Å². The Kier molecular flexibility index (Phi) is 5.19. The minimum Gasteiger partial charge on any atom is -0.357 e. The quantitative estimate of drug-likeness (QED) is 0.909. The zero-order valence-electron chi connectivity index (χ0n) is 12.3. The van der Waals surface area contributed by atoms with E-state index in [2.05, 4.69) is 21.3 Å². The minimum atomic E-state index is 0.536. The van der Waals surface area contributed by atoms with E-state index in [1.165, 1.54) is 5.56 Å². The van der Waals surface area contributed by atoms with Crippen molar-refractivity contribution in [3.05, 3.63) is 58.2 Å².